The molecule has 1 amide bonds. The molecule has 0 aliphatic rings. The van der Waals surface area contributed by atoms with Gasteiger partial charge in [-0.1, -0.05) is 30.3 Å². The highest BCUT2D eigenvalue weighted by Crippen LogP contribution is 2.02. The lowest BCUT2D eigenvalue weighted by Crippen LogP contribution is -2.28. The molecule has 0 fully saturated rings. The molecule has 1 aromatic rings. The predicted molar refractivity (Wildman–Crippen MR) is 76.7 cm³/mol. The van der Waals surface area contributed by atoms with Crippen LogP contribution in [0.2, 0.25) is 0 Å². The Morgan fingerprint density at radius 3 is 2.68 bits per heavy atom. The lowest BCUT2D eigenvalue weighted by Gasteiger charge is -2.16. The highest BCUT2D eigenvalue weighted by molar-refractivity contribution is 5.75. The Morgan fingerprint density at radius 2 is 2.00 bits per heavy atom. The van der Waals surface area contributed by atoms with Crippen LogP contribution in [0, 0.1) is 0 Å². The fourth-order valence-corrected chi connectivity index (χ4v) is 1.88. The Morgan fingerprint density at radius 1 is 1.26 bits per heavy atom. The summed E-state index contributed by atoms with van der Waals surface area (Å²) < 4.78 is 0. The molecule has 4 nitrogen and oxygen atoms in total. The summed E-state index contributed by atoms with van der Waals surface area (Å²) in [4.78, 5) is 13.5. The van der Waals surface area contributed by atoms with Gasteiger partial charge in [-0.2, -0.15) is 0 Å². The zero-order chi connectivity index (χ0) is 13.9. The fourth-order valence-electron chi connectivity index (χ4n) is 1.88. The molecular formula is C15H24N2O2. The second-order valence-electron chi connectivity index (χ2n) is 4.75. The Hall–Kier alpha value is -1.39. The normalized spacial score (nSPS) is 10.7. The third-order valence-electron chi connectivity index (χ3n) is 2.90. The summed E-state index contributed by atoms with van der Waals surface area (Å²) in [5, 5.41) is 11.5. The van der Waals surface area contributed by atoms with Crippen molar-refractivity contribution in [1.29, 1.82) is 0 Å². The molecule has 4 heteroatoms. The van der Waals surface area contributed by atoms with Crippen molar-refractivity contribution in [3.8, 4) is 0 Å². The zero-order valence-electron chi connectivity index (χ0n) is 11.6. The number of aliphatic hydroxyl groups excluding tert-OH is 1. The van der Waals surface area contributed by atoms with Crippen molar-refractivity contribution in [3.63, 3.8) is 0 Å². The van der Waals surface area contributed by atoms with E-state index >= 15 is 0 Å². The number of amides is 1. The van der Waals surface area contributed by atoms with Crippen LogP contribution in [0.25, 0.3) is 0 Å². The molecule has 2 N–H and O–H groups in total. The molecule has 0 unspecified atom stereocenters. The quantitative estimate of drug-likeness (QED) is 0.663. The third-order valence-corrected chi connectivity index (χ3v) is 2.90. The van der Waals surface area contributed by atoms with Crippen molar-refractivity contribution in [2.24, 2.45) is 0 Å². The molecular weight excluding hydrogens is 240 g/mol. The van der Waals surface area contributed by atoms with E-state index in [4.69, 9.17) is 5.11 Å². The van der Waals surface area contributed by atoms with Crippen LogP contribution in [0.15, 0.2) is 30.3 Å². The maximum Gasteiger partial charge on any atom is 0.220 e. The molecule has 0 saturated carbocycles. The fraction of sp³-hybridized carbons (Fsp3) is 0.533. The van der Waals surface area contributed by atoms with Gasteiger partial charge in [0.25, 0.3) is 0 Å². The van der Waals surface area contributed by atoms with Crippen molar-refractivity contribution < 1.29 is 9.90 Å². The number of nitrogens with one attached hydrogen (secondary N) is 1. The van der Waals surface area contributed by atoms with Gasteiger partial charge in [-0.25, -0.2) is 0 Å². The van der Waals surface area contributed by atoms with Crippen LogP contribution < -0.4 is 5.32 Å². The van der Waals surface area contributed by atoms with Gasteiger partial charge in [0.1, 0.15) is 0 Å². The van der Waals surface area contributed by atoms with Crippen molar-refractivity contribution >= 4 is 5.91 Å². The summed E-state index contributed by atoms with van der Waals surface area (Å²) in [6.07, 6.45) is 1.89. The SMILES string of the molecule is CN(CCCNC(=O)CCCO)Cc1ccccc1. The molecule has 0 spiro atoms. The van der Waals surface area contributed by atoms with Crippen molar-refractivity contribution in [2.75, 3.05) is 26.7 Å². The van der Waals surface area contributed by atoms with E-state index in [1.54, 1.807) is 0 Å². The first-order valence-electron chi connectivity index (χ1n) is 6.82. The highest BCUT2D eigenvalue weighted by atomic mass is 16.3. The van der Waals surface area contributed by atoms with Crippen molar-refractivity contribution in [2.45, 2.75) is 25.8 Å². The molecule has 0 saturated heterocycles. The van der Waals surface area contributed by atoms with E-state index < -0.39 is 0 Å². The largest absolute Gasteiger partial charge is 0.396 e. The minimum Gasteiger partial charge on any atom is -0.396 e. The molecule has 0 heterocycles. The second-order valence-corrected chi connectivity index (χ2v) is 4.75. The summed E-state index contributed by atoms with van der Waals surface area (Å²) in [7, 11) is 2.08. The van der Waals surface area contributed by atoms with Gasteiger partial charge in [-0.05, 0) is 32.0 Å². The van der Waals surface area contributed by atoms with E-state index in [1.807, 2.05) is 18.2 Å². The maximum absolute atomic E-state index is 11.3. The Kier molecular flexibility index (Phi) is 7.86. The molecule has 19 heavy (non-hydrogen) atoms. The van der Waals surface area contributed by atoms with Gasteiger partial charge in [0.15, 0.2) is 0 Å². The highest BCUT2D eigenvalue weighted by Gasteiger charge is 2.02. The van der Waals surface area contributed by atoms with E-state index in [-0.39, 0.29) is 12.5 Å². The molecule has 1 rings (SSSR count). The summed E-state index contributed by atoms with van der Waals surface area (Å²) >= 11 is 0. The smallest absolute Gasteiger partial charge is 0.220 e. The van der Waals surface area contributed by atoms with Gasteiger partial charge in [0.2, 0.25) is 5.91 Å². The van der Waals surface area contributed by atoms with Gasteiger partial charge in [-0.3, -0.25) is 4.79 Å². The molecule has 0 aliphatic carbocycles. The van der Waals surface area contributed by atoms with E-state index in [2.05, 4.69) is 29.4 Å². The minimum atomic E-state index is 0.0276. The number of carbonyl (C=O) groups is 1. The zero-order valence-corrected chi connectivity index (χ0v) is 11.6. The molecule has 0 aliphatic heterocycles. The Labute approximate surface area is 115 Å². The number of aliphatic hydroxyl groups is 1. The van der Waals surface area contributed by atoms with E-state index in [0.717, 1.165) is 19.5 Å². The van der Waals surface area contributed by atoms with Gasteiger partial charge >= 0.3 is 0 Å². The molecule has 106 valence electrons. The molecule has 0 radical (unpaired) electrons. The number of hydrogen-bond donors (Lipinski definition) is 2. The molecule has 0 atom stereocenters. The van der Waals surface area contributed by atoms with Gasteiger partial charge < -0.3 is 15.3 Å². The number of benzene rings is 1. The van der Waals surface area contributed by atoms with Crippen molar-refractivity contribution in [1.82, 2.24) is 10.2 Å². The number of carbonyl (C=O) groups excluding carboxylic acids is 1. The maximum atomic E-state index is 11.3. The Balaban J connectivity index is 2.07. The topological polar surface area (TPSA) is 52.6 Å². The first kappa shape index (κ1) is 15.7. The summed E-state index contributed by atoms with van der Waals surface area (Å²) in [5.41, 5.74) is 1.30. The number of rotatable bonds is 9. The average molecular weight is 264 g/mol. The van der Waals surface area contributed by atoms with Gasteiger partial charge in [0.05, 0.1) is 0 Å². The van der Waals surface area contributed by atoms with Crippen LogP contribution in [-0.2, 0) is 11.3 Å². The van der Waals surface area contributed by atoms with Crippen molar-refractivity contribution in [3.05, 3.63) is 35.9 Å². The third kappa shape index (κ3) is 7.59. The van der Waals surface area contributed by atoms with Crippen LogP contribution in [0.3, 0.4) is 0 Å². The van der Waals surface area contributed by atoms with Gasteiger partial charge in [0, 0.05) is 26.1 Å². The van der Waals surface area contributed by atoms with Gasteiger partial charge in [-0.15, -0.1) is 0 Å². The summed E-state index contributed by atoms with van der Waals surface area (Å²) in [5.74, 6) is 0.0276. The molecule has 1 aromatic carbocycles. The monoisotopic (exact) mass is 264 g/mol. The molecule has 0 bridgehead atoms. The standard InChI is InChI=1S/C15H24N2O2/c1-17(13-14-7-3-2-4-8-14)11-6-10-16-15(19)9-5-12-18/h2-4,7-8,18H,5-6,9-13H2,1H3,(H,16,19). The first-order chi connectivity index (χ1) is 9.22. The lowest BCUT2D eigenvalue weighted by atomic mass is 10.2. The van der Waals surface area contributed by atoms with E-state index in [9.17, 15) is 4.79 Å². The van der Waals surface area contributed by atoms with Crippen LogP contribution in [0.4, 0.5) is 0 Å². The van der Waals surface area contributed by atoms with Crippen LogP contribution >= 0.6 is 0 Å². The van der Waals surface area contributed by atoms with Crippen LogP contribution in [0.5, 0.6) is 0 Å². The lowest BCUT2D eigenvalue weighted by molar-refractivity contribution is -0.121. The predicted octanol–water partition coefficient (Wildman–Crippen LogP) is 1.40. The second kappa shape index (κ2) is 9.53. The number of hydrogen-bond acceptors (Lipinski definition) is 3. The minimum absolute atomic E-state index is 0.0276. The molecule has 0 aromatic heterocycles. The Bertz CT molecular complexity index is 354. The first-order valence-corrected chi connectivity index (χ1v) is 6.82. The number of nitrogens with zero attached hydrogens (tertiary/aromatic N) is 1. The van der Waals surface area contributed by atoms with Crippen LogP contribution in [0.1, 0.15) is 24.8 Å². The van der Waals surface area contributed by atoms with Crippen LogP contribution in [-0.4, -0.2) is 42.7 Å². The average Bonchev–Trinajstić information content (AvgIpc) is 2.42. The van der Waals surface area contributed by atoms with E-state index in [1.165, 1.54) is 5.56 Å². The summed E-state index contributed by atoms with van der Waals surface area (Å²) in [6, 6.07) is 10.3. The summed E-state index contributed by atoms with van der Waals surface area (Å²) in [6.45, 7) is 2.66. The van der Waals surface area contributed by atoms with E-state index in [0.29, 0.717) is 19.4 Å².